The van der Waals surface area contributed by atoms with Crippen molar-refractivity contribution in [1.29, 1.82) is 5.26 Å². The van der Waals surface area contributed by atoms with Gasteiger partial charge in [-0.05, 0) is 24.6 Å². The van der Waals surface area contributed by atoms with Crippen LogP contribution in [0.4, 0.5) is 5.88 Å². The minimum Gasteiger partial charge on any atom is -0.419 e. The van der Waals surface area contributed by atoms with Crippen molar-refractivity contribution in [2.75, 3.05) is 38.8 Å². The highest BCUT2D eigenvalue weighted by Crippen LogP contribution is 2.35. The molecule has 2 rings (SSSR count). The molecular formula is C16H17Cl2N3O3. The number of nitrogens with one attached hydrogen (secondary N) is 1. The summed E-state index contributed by atoms with van der Waals surface area (Å²) in [6.45, 7) is 3.78. The van der Waals surface area contributed by atoms with Gasteiger partial charge >= 0.3 is 0 Å². The molecule has 0 saturated heterocycles. The summed E-state index contributed by atoms with van der Waals surface area (Å²) >= 11 is 12.3. The fourth-order valence-electron chi connectivity index (χ4n) is 1.99. The van der Waals surface area contributed by atoms with Crippen molar-refractivity contribution in [2.24, 2.45) is 0 Å². The number of anilines is 1. The highest BCUT2D eigenvalue weighted by molar-refractivity contribution is 6.35. The van der Waals surface area contributed by atoms with Gasteiger partial charge in [0.15, 0.2) is 0 Å². The van der Waals surface area contributed by atoms with Crippen molar-refractivity contribution in [3.63, 3.8) is 0 Å². The van der Waals surface area contributed by atoms with Gasteiger partial charge in [-0.2, -0.15) is 10.2 Å². The van der Waals surface area contributed by atoms with Gasteiger partial charge in [-0.25, -0.2) is 0 Å². The molecule has 1 heterocycles. The van der Waals surface area contributed by atoms with E-state index in [1.165, 1.54) is 0 Å². The second-order valence-electron chi connectivity index (χ2n) is 4.92. The van der Waals surface area contributed by atoms with E-state index in [9.17, 15) is 5.26 Å². The number of benzene rings is 1. The van der Waals surface area contributed by atoms with Crippen molar-refractivity contribution < 1.29 is 13.9 Å². The molecule has 2 aromatic rings. The Morgan fingerprint density at radius 1 is 1.29 bits per heavy atom. The Labute approximate surface area is 150 Å². The predicted octanol–water partition coefficient (Wildman–Crippen LogP) is 3.90. The van der Waals surface area contributed by atoms with Crippen molar-refractivity contribution in [3.8, 4) is 17.5 Å². The van der Waals surface area contributed by atoms with E-state index in [2.05, 4.69) is 10.3 Å². The lowest BCUT2D eigenvalue weighted by Crippen LogP contribution is -2.12. The molecule has 8 heteroatoms. The van der Waals surface area contributed by atoms with Crippen LogP contribution >= 0.6 is 23.2 Å². The quantitative estimate of drug-likeness (QED) is 0.710. The van der Waals surface area contributed by atoms with Gasteiger partial charge < -0.3 is 19.2 Å². The van der Waals surface area contributed by atoms with E-state index in [1.54, 1.807) is 19.2 Å². The van der Waals surface area contributed by atoms with Gasteiger partial charge in [-0.3, -0.25) is 0 Å². The molecule has 24 heavy (non-hydrogen) atoms. The summed E-state index contributed by atoms with van der Waals surface area (Å²) in [5, 5.41) is 13.2. The lowest BCUT2D eigenvalue weighted by molar-refractivity contribution is 0.0758. The van der Waals surface area contributed by atoms with Gasteiger partial charge in [0.1, 0.15) is 6.07 Å². The molecule has 1 aromatic heterocycles. The van der Waals surface area contributed by atoms with Crippen LogP contribution in [0.3, 0.4) is 0 Å². The fourth-order valence-corrected chi connectivity index (χ4v) is 2.46. The standard InChI is InChI=1S/C16H17Cl2N3O3/c1-10-7-11(17)8-12(14(10)18)15-21-13(9-19)16(24-15)20-3-4-23-6-5-22-2/h7-8,20H,3-6H2,1-2H3. The Balaban J connectivity index is 2.12. The number of aryl methyl sites for hydroxylation is 1. The molecule has 0 radical (unpaired) electrons. The van der Waals surface area contributed by atoms with Crippen molar-refractivity contribution in [1.82, 2.24) is 4.98 Å². The molecule has 0 aliphatic heterocycles. The molecule has 0 spiro atoms. The van der Waals surface area contributed by atoms with E-state index in [-0.39, 0.29) is 17.5 Å². The smallest absolute Gasteiger partial charge is 0.232 e. The summed E-state index contributed by atoms with van der Waals surface area (Å²) in [7, 11) is 1.61. The maximum atomic E-state index is 9.21. The van der Waals surface area contributed by atoms with Gasteiger partial charge in [0.05, 0.1) is 30.4 Å². The van der Waals surface area contributed by atoms with E-state index in [1.807, 2.05) is 13.0 Å². The lowest BCUT2D eigenvalue weighted by Gasteiger charge is -2.05. The van der Waals surface area contributed by atoms with Crippen LogP contribution in [0, 0.1) is 18.3 Å². The second-order valence-corrected chi connectivity index (χ2v) is 5.74. The van der Waals surface area contributed by atoms with E-state index < -0.39 is 0 Å². The highest BCUT2D eigenvalue weighted by atomic mass is 35.5. The van der Waals surface area contributed by atoms with Crippen LogP contribution in [-0.4, -0.2) is 38.5 Å². The van der Waals surface area contributed by atoms with Crippen LogP contribution in [0.15, 0.2) is 16.5 Å². The van der Waals surface area contributed by atoms with Crippen molar-refractivity contribution in [3.05, 3.63) is 33.4 Å². The first-order valence-corrected chi connectivity index (χ1v) is 8.00. The van der Waals surface area contributed by atoms with Crippen LogP contribution < -0.4 is 5.32 Å². The van der Waals surface area contributed by atoms with Gasteiger partial charge in [0, 0.05) is 18.7 Å². The summed E-state index contributed by atoms with van der Waals surface area (Å²) in [5.74, 6) is 0.515. The van der Waals surface area contributed by atoms with Gasteiger partial charge in [0.2, 0.25) is 17.5 Å². The number of hydrogen-bond donors (Lipinski definition) is 1. The van der Waals surface area contributed by atoms with E-state index in [4.69, 9.17) is 37.1 Å². The van der Waals surface area contributed by atoms with Crippen molar-refractivity contribution in [2.45, 2.75) is 6.92 Å². The molecular weight excluding hydrogens is 353 g/mol. The lowest BCUT2D eigenvalue weighted by atomic mass is 10.1. The van der Waals surface area contributed by atoms with Crippen molar-refractivity contribution >= 4 is 29.1 Å². The van der Waals surface area contributed by atoms with Gasteiger partial charge in [0.25, 0.3) is 0 Å². The minimum atomic E-state index is 0.149. The Morgan fingerprint density at radius 3 is 2.79 bits per heavy atom. The number of hydrogen-bond acceptors (Lipinski definition) is 6. The molecule has 0 atom stereocenters. The first-order chi connectivity index (χ1) is 11.6. The number of ether oxygens (including phenoxy) is 2. The topological polar surface area (TPSA) is 80.3 Å². The number of nitrogens with zero attached hydrogens (tertiary/aromatic N) is 2. The molecule has 0 amide bonds. The Morgan fingerprint density at radius 2 is 2.08 bits per heavy atom. The van der Waals surface area contributed by atoms with E-state index in [0.717, 1.165) is 5.56 Å². The molecule has 6 nitrogen and oxygen atoms in total. The van der Waals surface area contributed by atoms with E-state index >= 15 is 0 Å². The average Bonchev–Trinajstić information content (AvgIpc) is 2.97. The second kappa shape index (κ2) is 8.90. The molecule has 0 saturated carbocycles. The third-order valence-corrected chi connectivity index (χ3v) is 3.87. The Hall–Kier alpha value is -1.78. The SMILES string of the molecule is COCCOCCNc1oc(-c2cc(Cl)cc(C)c2Cl)nc1C#N. The monoisotopic (exact) mass is 369 g/mol. The molecule has 0 fully saturated rings. The van der Waals surface area contributed by atoms with E-state index in [0.29, 0.717) is 42.0 Å². The number of methoxy groups -OCH3 is 1. The Kier molecular flexibility index (Phi) is 6.88. The highest BCUT2D eigenvalue weighted by Gasteiger charge is 2.18. The summed E-state index contributed by atoms with van der Waals surface area (Å²) in [6, 6.07) is 5.39. The molecule has 1 aromatic carbocycles. The summed E-state index contributed by atoms with van der Waals surface area (Å²) in [5.41, 5.74) is 1.50. The number of nitriles is 1. The molecule has 0 bridgehead atoms. The predicted molar refractivity (Wildman–Crippen MR) is 92.6 cm³/mol. The third kappa shape index (κ3) is 4.62. The summed E-state index contributed by atoms with van der Waals surface area (Å²) < 4.78 is 15.9. The minimum absolute atomic E-state index is 0.149. The zero-order valence-corrected chi connectivity index (χ0v) is 14.9. The number of rotatable bonds is 8. The molecule has 0 unspecified atom stereocenters. The molecule has 0 aliphatic carbocycles. The van der Waals surface area contributed by atoms with Crippen LogP contribution in [-0.2, 0) is 9.47 Å². The van der Waals surface area contributed by atoms with Gasteiger partial charge in [-0.1, -0.05) is 23.2 Å². The number of aromatic nitrogens is 1. The third-order valence-electron chi connectivity index (χ3n) is 3.15. The first-order valence-electron chi connectivity index (χ1n) is 7.24. The summed E-state index contributed by atoms with van der Waals surface area (Å²) in [6.07, 6.45) is 0. The number of halogens is 2. The largest absolute Gasteiger partial charge is 0.419 e. The summed E-state index contributed by atoms with van der Waals surface area (Å²) in [4.78, 5) is 4.18. The normalized spacial score (nSPS) is 10.6. The maximum absolute atomic E-state index is 9.21. The zero-order chi connectivity index (χ0) is 17.5. The van der Waals surface area contributed by atoms with Crippen LogP contribution in [0.2, 0.25) is 10.0 Å². The maximum Gasteiger partial charge on any atom is 0.232 e. The molecule has 128 valence electrons. The molecule has 0 aliphatic rings. The van der Waals surface area contributed by atoms with Crippen LogP contribution in [0.1, 0.15) is 11.3 Å². The fraction of sp³-hybridized carbons (Fsp3) is 0.375. The molecule has 1 N–H and O–H groups in total. The van der Waals surface area contributed by atoms with Crippen LogP contribution in [0.25, 0.3) is 11.5 Å². The first kappa shape index (κ1) is 18.6. The Bertz CT molecular complexity index is 741. The zero-order valence-electron chi connectivity index (χ0n) is 13.4. The average molecular weight is 370 g/mol. The van der Waals surface area contributed by atoms with Crippen LogP contribution in [0.5, 0.6) is 0 Å². The van der Waals surface area contributed by atoms with Gasteiger partial charge in [-0.15, -0.1) is 0 Å². The number of oxazole rings is 1.